The van der Waals surface area contributed by atoms with Crippen LogP contribution in [0, 0.1) is 0 Å². The van der Waals surface area contributed by atoms with Crippen molar-refractivity contribution in [2.24, 2.45) is 0 Å². The van der Waals surface area contributed by atoms with Crippen molar-refractivity contribution in [3.8, 4) is 0 Å². The Labute approximate surface area is 103 Å². The van der Waals surface area contributed by atoms with Gasteiger partial charge in [0.05, 0.1) is 10.9 Å². The monoisotopic (exact) mass is 266 g/mol. The molecule has 96 valence electrons. The van der Waals surface area contributed by atoms with E-state index in [1.807, 2.05) is 0 Å². The summed E-state index contributed by atoms with van der Waals surface area (Å²) in [6.07, 6.45) is -3.12. The van der Waals surface area contributed by atoms with Gasteiger partial charge in [-0.15, -0.1) is 11.6 Å². The van der Waals surface area contributed by atoms with Crippen molar-refractivity contribution in [2.75, 3.05) is 5.32 Å². The Morgan fingerprint density at radius 1 is 1.35 bits per heavy atom. The molecule has 1 unspecified atom stereocenters. The van der Waals surface area contributed by atoms with E-state index < -0.39 is 17.3 Å². The molecule has 0 bridgehead atoms. The summed E-state index contributed by atoms with van der Waals surface area (Å²) in [5.41, 5.74) is -1.47. The summed E-state index contributed by atoms with van der Waals surface area (Å²) < 4.78 is 38.1. The van der Waals surface area contributed by atoms with Crippen LogP contribution in [-0.4, -0.2) is 15.9 Å². The Kier molecular flexibility index (Phi) is 3.91. The summed E-state index contributed by atoms with van der Waals surface area (Å²) >= 11 is 5.91. The smallest absolute Gasteiger partial charge is 0.363 e. The van der Waals surface area contributed by atoms with Crippen molar-refractivity contribution in [3.05, 3.63) is 23.9 Å². The molecule has 0 radical (unpaired) electrons. The third-order valence-electron chi connectivity index (χ3n) is 2.55. The van der Waals surface area contributed by atoms with Crippen LogP contribution in [0.25, 0.3) is 0 Å². The van der Waals surface area contributed by atoms with Gasteiger partial charge in [-0.25, -0.2) is 4.98 Å². The predicted molar refractivity (Wildman–Crippen MR) is 62.3 cm³/mol. The highest BCUT2D eigenvalue weighted by atomic mass is 35.5. The fourth-order valence-electron chi connectivity index (χ4n) is 1.14. The van der Waals surface area contributed by atoms with Crippen LogP contribution >= 0.6 is 11.6 Å². The molecule has 1 heterocycles. The topological polar surface area (TPSA) is 24.9 Å². The number of hydrogen-bond donors (Lipinski definition) is 1. The normalized spacial score (nSPS) is 14.5. The summed E-state index contributed by atoms with van der Waals surface area (Å²) in [6.45, 7) is 5.16. The number of aromatic nitrogens is 1. The molecular weight excluding hydrogens is 253 g/mol. The van der Waals surface area contributed by atoms with E-state index in [2.05, 4.69) is 10.3 Å². The highest BCUT2D eigenvalue weighted by Crippen LogP contribution is 2.35. The molecule has 6 heteroatoms. The number of rotatable bonds is 3. The molecule has 0 aliphatic rings. The quantitative estimate of drug-likeness (QED) is 0.839. The van der Waals surface area contributed by atoms with E-state index in [9.17, 15) is 13.2 Å². The minimum absolute atomic E-state index is 0.197. The van der Waals surface area contributed by atoms with Gasteiger partial charge in [-0.3, -0.25) is 0 Å². The van der Waals surface area contributed by atoms with Crippen molar-refractivity contribution in [1.29, 1.82) is 0 Å². The van der Waals surface area contributed by atoms with Gasteiger partial charge in [-0.05, 0) is 32.9 Å². The molecular formula is C11H14ClF3N2. The first kappa shape index (κ1) is 14.1. The van der Waals surface area contributed by atoms with Gasteiger partial charge in [0.15, 0.2) is 0 Å². The first-order valence-corrected chi connectivity index (χ1v) is 5.52. The van der Waals surface area contributed by atoms with E-state index in [4.69, 9.17) is 11.6 Å². The zero-order valence-corrected chi connectivity index (χ0v) is 10.5. The molecule has 17 heavy (non-hydrogen) atoms. The largest absolute Gasteiger partial charge is 0.419 e. The van der Waals surface area contributed by atoms with Gasteiger partial charge in [-0.1, -0.05) is 0 Å². The Morgan fingerprint density at radius 2 is 1.94 bits per heavy atom. The van der Waals surface area contributed by atoms with Gasteiger partial charge in [0.2, 0.25) is 0 Å². The third-order valence-corrected chi connectivity index (χ3v) is 3.09. The van der Waals surface area contributed by atoms with E-state index in [1.165, 1.54) is 12.3 Å². The average Bonchev–Trinajstić information content (AvgIpc) is 2.15. The minimum Gasteiger partial charge on any atom is -0.363 e. The highest BCUT2D eigenvalue weighted by Gasteiger charge is 2.36. The second-order valence-electron chi connectivity index (χ2n) is 4.36. The van der Waals surface area contributed by atoms with Gasteiger partial charge >= 0.3 is 6.18 Å². The lowest BCUT2D eigenvalue weighted by Crippen LogP contribution is -2.40. The molecule has 1 aromatic heterocycles. The third kappa shape index (κ3) is 3.49. The highest BCUT2D eigenvalue weighted by molar-refractivity contribution is 6.21. The zero-order valence-electron chi connectivity index (χ0n) is 9.77. The molecule has 0 saturated carbocycles. The predicted octanol–water partition coefficient (Wildman–Crippen LogP) is 3.92. The van der Waals surface area contributed by atoms with E-state index in [0.29, 0.717) is 0 Å². The molecule has 0 aliphatic heterocycles. The molecule has 0 aliphatic carbocycles. The first-order chi connectivity index (χ1) is 7.64. The number of nitrogens with zero attached hydrogens (tertiary/aromatic N) is 1. The second kappa shape index (κ2) is 4.72. The summed E-state index contributed by atoms with van der Waals surface area (Å²) in [4.78, 5) is 3.72. The van der Waals surface area contributed by atoms with E-state index in [0.717, 1.165) is 6.07 Å². The number of pyridine rings is 1. The summed E-state index contributed by atoms with van der Waals surface area (Å²) in [5.74, 6) is -0.197. The lowest BCUT2D eigenvalue weighted by Gasteiger charge is -2.30. The molecule has 0 fully saturated rings. The maximum Gasteiger partial charge on any atom is 0.419 e. The van der Waals surface area contributed by atoms with Gasteiger partial charge in [0.1, 0.15) is 5.82 Å². The van der Waals surface area contributed by atoms with Crippen LogP contribution in [0.5, 0.6) is 0 Å². The Bertz CT molecular complexity index is 389. The molecule has 0 saturated heterocycles. The Morgan fingerprint density at radius 3 is 2.41 bits per heavy atom. The van der Waals surface area contributed by atoms with E-state index in [1.54, 1.807) is 20.8 Å². The SMILES string of the molecule is CC(Cl)C(C)(C)Nc1ncccc1C(F)(F)F. The zero-order chi connectivity index (χ0) is 13.3. The second-order valence-corrected chi connectivity index (χ2v) is 5.01. The average molecular weight is 267 g/mol. The van der Waals surface area contributed by atoms with Gasteiger partial charge in [0.25, 0.3) is 0 Å². The van der Waals surface area contributed by atoms with Crippen LogP contribution in [-0.2, 0) is 6.18 Å². The molecule has 0 spiro atoms. The molecule has 1 aromatic rings. The Balaban J connectivity index is 3.08. The standard InChI is InChI=1S/C11H14ClF3N2/c1-7(12)10(2,3)17-9-8(11(13,14)15)5-4-6-16-9/h4-7H,1-3H3,(H,16,17). The van der Waals surface area contributed by atoms with Crippen molar-refractivity contribution >= 4 is 17.4 Å². The Hall–Kier alpha value is -0.970. The molecule has 2 nitrogen and oxygen atoms in total. The maximum atomic E-state index is 12.7. The summed E-state index contributed by atoms with van der Waals surface area (Å²) in [6, 6.07) is 2.25. The number of hydrogen-bond acceptors (Lipinski definition) is 2. The first-order valence-electron chi connectivity index (χ1n) is 5.09. The van der Waals surface area contributed by atoms with E-state index in [-0.39, 0.29) is 11.2 Å². The molecule has 1 N–H and O–H groups in total. The maximum absolute atomic E-state index is 12.7. The molecule has 0 aromatic carbocycles. The van der Waals surface area contributed by atoms with Crippen LogP contribution in [0.4, 0.5) is 19.0 Å². The molecule has 0 amide bonds. The number of alkyl halides is 4. The van der Waals surface area contributed by atoms with E-state index >= 15 is 0 Å². The molecule has 1 atom stereocenters. The van der Waals surface area contributed by atoms with Gasteiger partial charge in [0, 0.05) is 11.7 Å². The number of nitrogens with one attached hydrogen (secondary N) is 1. The molecule has 1 rings (SSSR count). The van der Waals surface area contributed by atoms with Gasteiger partial charge in [-0.2, -0.15) is 13.2 Å². The minimum atomic E-state index is -4.43. The van der Waals surface area contributed by atoms with Crippen LogP contribution in [0.2, 0.25) is 0 Å². The van der Waals surface area contributed by atoms with Crippen LogP contribution < -0.4 is 5.32 Å². The van der Waals surface area contributed by atoms with Gasteiger partial charge < -0.3 is 5.32 Å². The fourth-order valence-corrected chi connectivity index (χ4v) is 1.19. The lowest BCUT2D eigenvalue weighted by molar-refractivity contribution is -0.137. The van der Waals surface area contributed by atoms with Crippen molar-refractivity contribution in [1.82, 2.24) is 4.98 Å². The lowest BCUT2D eigenvalue weighted by atomic mass is 10.0. The summed E-state index contributed by atoms with van der Waals surface area (Å²) in [5, 5.41) is 2.39. The fraction of sp³-hybridized carbons (Fsp3) is 0.545. The summed E-state index contributed by atoms with van der Waals surface area (Å²) in [7, 11) is 0. The van der Waals surface area contributed by atoms with Crippen LogP contribution in [0.15, 0.2) is 18.3 Å². The van der Waals surface area contributed by atoms with Crippen molar-refractivity contribution < 1.29 is 13.2 Å². The number of halogens is 4. The van der Waals surface area contributed by atoms with Crippen molar-refractivity contribution in [3.63, 3.8) is 0 Å². The van der Waals surface area contributed by atoms with Crippen LogP contribution in [0.3, 0.4) is 0 Å². The van der Waals surface area contributed by atoms with Crippen molar-refractivity contribution in [2.45, 2.75) is 37.9 Å². The number of anilines is 1. The van der Waals surface area contributed by atoms with Crippen LogP contribution in [0.1, 0.15) is 26.3 Å².